The smallest absolute Gasteiger partial charge is 0.175 e. The molecule has 0 bridgehead atoms. The Balaban J connectivity index is 3.25. The van der Waals surface area contributed by atoms with Crippen LogP contribution >= 0.6 is 0 Å². The fraction of sp³-hybridized carbons (Fsp3) is 0.462. The van der Waals surface area contributed by atoms with E-state index in [0.717, 1.165) is 13.1 Å². The van der Waals surface area contributed by atoms with Gasteiger partial charge in [0.25, 0.3) is 0 Å². The highest BCUT2D eigenvalue weighted by atomic mass is 19.1. The van der Waals surface area contributed by atoms with E-state index in [2.05, 4.69) is 19.0 Å². The Labute approximate surface area is 107 Å². The minimum atomic E-state index is -0.481. The summed E-state index contributed by atoms with van der Waals surface area (Å²) >= 11 is 0. The fourth-order valence-corrected chi connectivity index (χ4v) is 1.92. The van der Waals surface area contributed by atoms with E-state index in [1.807, 2.05) is 11.8 Å². The van der Waals surface area contributed by atoms with E-state index in [0.29, 0.717) is 11.6 Å². The molecular weight excluding hydrogens is 233 g/mol. The topological polar surface area (TPSA) is 61.8 Å². The Kier molecular flexibility index (Phi) is 4.95. The van der Waals surface area contributed by atoms with E-state index < -0.39 is 5.82 Å². The lowest BCUT2D eigenvalue weighted by molar-refractivity contribution is 0.318. The highest BCUT2D eigenvalue weighted by Crippen LogP contribution is 2.24. The van der Waals surface area contributed by atoms with E-state index in [1.54, 1.807) is 12.1 Å². The van der Waals surface area contributed by atoms with E-state index in [1.165, 1.54) is 6.07 Å². The van der Waals surface area contributed by atoms with Crippen LogP contribution in [0.15, 0.2) is 23.4 Å². The summed E-state index contributed by atoms with van der Waals surface area (Å²) in [5.41, 5.74) is 6.36. The standard InChI is InChI=1S/C13H20FN3O/c1-4-17(8-9(2)3)11-7-5-6-10(14)12(11)13(15)16-18/h5-7,9,18H,4,8H2,1-3H3,(H2,15,16). The Morgan fingerprint density at radius 3 is 2.67 bits per heavy atom. The number of hydrogen-bond donors (Lipinski definition) is 2. The lowest BCUT2D eigenvalue weighted by Crippen LogP contribution is -2.30. The minimum absolute atomic E-state index is 0.155. The number of hydrogen-bond acceptors (Lipinski definition) is 3. The van der Waals surface area contributed by atoms with Gasteiger partial charge in [-0.25, -0.2) is 4.39 Å². The summed E-state index contributed by atoms with van der Waals surface area (Å²) in [7, 11) is 0. The second-order valence-corrected chi connectivity index (χ2v) is 4.55. The normalized spacial score (nSPS) is 11.9. The van der Waals surface area contributed by atoms with Gasteiger partial charge in [0.15, 0.2) is 5.84 Å². The molecule has 0 aliphatic heterocycles. The van der Waals surface area contributed by atoms with Crippen LogP contribution in [0.1, 0.15) is 26.3 Å². The van der Waals surface area contributed by atoms with Gasteiger partial charge in [0.2, 0.25) is 0 Å². The number of oxime groups is 1. The highest BCUT2D eigenvalue weighted by molar-refractivity contribution is 6.02. The molecule has 0 aliphatic carbocycles. The van der Waals surface area contributed by atoms with Crippen molar-refractivity contribution in [1.82, 2.24) is 0 Å². The maximum Gasteiger partial charge on any atom is 0.175 e. The SMILES string of the molecule is CCN(CC(C)C)c1cccc(F)c1C(N)=NO. The van der Waals surface area contributed by atoms with Gasteiger partial charge in [0.05, 0.1) is 11.3 Å². The largest absolute Gasteiger partial charge is 0.409 e. The van der Waals surface area contributed by atoms with Crippen LogP contribution < -0.4 is 10.6 Å². The monoisotopic (exact) mass is 253 g/mol. The fourth-order valence-electron chi connectivity index (χ4n) is 1.92. The van der Waals surface area contributed by atoms with Crippen LogP contribution in [0.4, 0.5) is 10.1 Å². The molecule has 0 heterocycles. The van der Waals surface area contributed by atoms with E-state index in [-0.39, 0.29) is 11.4 Å². The van der Waals surface area contributed by atoms with Crippen molar-refractivity contribution >= 4 is 11.5 Å². The Bertz CT molecular complexity index is 432. The number of amidine groups is 1. The lowest BCUT2D eigenvalue weighted by Gasteiger charge is -2.27. The molecule has 4 nitrogen and oxygen atoms in total. The molecule has 3 N–H and O–H groups in total. The molecular formula is C13H20FN3O. The number of nitrogens with two attached hydrogens (primary N) is 1. The third kappa shape index (κ3) is 3.12. The molecule has 1 rings (SSSR count). The van der Waals surface area contributed by atoms with E-state index >= 15 is 0 Å². The number of anilines is 1. The van der Waals surface area contributed by atoms with Gasteiger partial charge in [0.1, 0.15) is 5.82 Å². The van der Waals surface area contributed by atoms with Crippen molar-refractivity contribution in [1.29, 1.82) is 0 Å². The van der Waals surface area contributed by atoms with Crippen molar-refractivity contribution in [3.63, 3.8) is 0 Å². The van der Waals surface area contributed by atoms with E-state index in [9.17, 15) is 4.39 Å². The third-order valence-corrected chi connectivity index (χ3v) is 2.66. The van der Waals surface area contributed by atoms with Crippen LogP contribution in [0.25, 0.3) is 0 Å². The average Bonchev–Trinajstić information content (AvgIpc) is 2.34. The molecule has 0 amide bonds. The maximum atomic E-state index is 13.8. The first-order valence-electron chi connectivity index (χ1n) is 6.02. The Morgan fingerprint density at radius 1 is 1.50 bits per heavy atom. The van der Waals surface area contributed by atoms with Crippen LogP contribution in [0, 0.1) is 11.7 Å². The predicted molar refractivity (Wildman–Crippen MR) is 71.6 cm³/mol. The molecule has 0 fully saturated rings. The van der Waals surface area contributed by atoms with Gasteiger partial charge in [-0.2, -0.15) is 0 Å². The average molecular weight is 253 g/mol. The van der Waals surface area contributed by atoms with Crippen molar-refractivity contribution in [3.05, 3.63) is 29.6 Å². The van der Waals surface area contributed by atoms with Crippen LogP contribution in [-0.4, -0.2) is 24.1 Å². The molecule has 0 saturated heterocycles. The van der Waals surface area contributed by atoms with Crippen LogP contribution in [0.3, 0.4) is 0 Å². The van der Waals surface area contributed by atoms with Gasteiger partial charge < -0.3 is 15.8 Å². The van der Waals surface area contributed by atoms with E-state index in [4.69, 9.17) is 10.9 Å². The van der Waals surface area contributed by atoms with Gasteiger partial charge in [-0.15, -0.1) is 0 Å². The van der Waals surface area contributed by atoms with Crippen LogP contribution in [-0.2, 0) is 0 Å². The lowest BCUT2D eigenvalue weighted by atomic mass is 10.1. The number of rotatable bonds is 5. The number of halogens is 1. The number of nitrogens with zero attached hydrogens (tertiary/aromatic N) is 2. The molecule has 0 atom stereocenters. The van der Waals surface area contributed by atoms with Crippen LogP contribution in [0.2, 0.25) is 0 Å². The molecule has 0 spiro atoms. The first-order chi connectivity index (χ1) is 8.51. The van der Waals surface area contributed by atoms with Gasteiger partial charge in [-0.1, -0.05) is 25.1 Å². The van der Waals surface area contributed by atoms with Gasteiger partial charge in [0, 0.05) is 13.1 Å². The second kappa shape index (κ2) is 6.23. The molecule has 18 heavy (non-hydrogen) atoms. The van der Waals surface area contributed by atoms with Crippen molar-refractivity contribution in [2.24, 2.45) is 16.8 Å². The molecule has 0 saturated carbocycles. The molecule has 5 heteroatoms. The summed E-state index contributed by atoms with van der Waals surface area (Å²) in [5, 5.41) is 11.7. The quantitative estimate of drug-likeness (QED) is 0.366. The third-order valence-electron chi connectivity index (χ3n) is 2.66. The van der Waals surface area contributed by atoms with Crippen molar-refractivity contribution in [2.75, 3.05) is 18.0 Å². The second-order valence-electron chi connectivity index (χ2n) is 4.55. The molecule has 1 aromatic rings. The molecule has 0 aliphatic rings. The predicted octanol–water partition coefficient (Wildman–Crippen LogP) is 2.40. The minimum Gasteiger partial charge on any atom is -0.409 e. The summed E-state index contributed by atoms with van der Waals surface area (Å²) in [4.78, 5) is 2.02. The molecule has 0 radical (unpaired) electrons. The Hall–Kier alpha value is -1.78. The molecule has 0 unspecified atom stereocenters. The summed E-state index contributed by atoms with van der Waals surface area (Å²) in [6.45, 7) is 7.68. The summed E-state index contributed by atoms with van der Waals surface area (Å²) in [5.74, 6) is -0.247. The highest BCUT2D eigenvalue weighted by Gasteiger charge is 2.17. The van der Waals surface area contributed by atoms with Crippen LogP contribution in [0.5, 0.6) is 0 Å². The molecule has 100 valence electrons. The van der Waals surface area contributed by atoms with Gasteiger partial charge in [-0.05, 0) is 25.0 Å². The zero-order chi connectivity index (χ0) is 13.7. The summed E-state index contributed by atoms with van der Waals surface area (Å²) in [6, 6.07) is 4.71. The Morgan fingerprint density at radius 2 is 2.17 bits per heavy atom. The van der Waals surface area contributed by atoms with Gasteiger partial charge in [-0.3, -0.25) is 0 Å². The van der Waals surface area contributed by atoms with Crippen molar-refractivity contribution in [3.8, 4) is 0 Å². The first-order valence-corrected chi connectivity index (χ1v) is 6.02. The zero-order valence-electron chi connectivity index (χ0n) is 11.0. The van der Waals surface area contributed by atoms with Crippen molar-refractivity contribution in [2.45, 2.75) is 20.8 Å². The summed E-state index contributed by atoms with van der Waals surface area (Å²) < 4.78 is 13.8. The first kappa shape index (κ1) is 14.3. The van der Waals surface area contributed by atoms with Gasteiger partial charge >= 0.3 is 0 Å². The zero-order valence-corrected chi connectivity index (χ0v) is 11.0. The molecule has 1 aromatic carbocycles. The molecule has 0 aromatic heterocycles. The maximum absolute atomic E-state index is 13.8. The van der Waals surface area contributed by atoms with Crippen molar-refractivity contribution < 1.29 is 9.60 Å². The summed E-state index contributed by atoms with van der Waals surface area (Å²) in [6.07, 6.45) is 0. The number of benzene rings is 1.